The number of benzene rings is 7. The molecule has 47 heavy (non-hydrogen) atoms. The van der Waals surface area contributed by atoms with E-state index in [1.165, 1.54) is 21.5 Å². The summed E-state index contributed by atoms with van der Waals surface area (Å²) in [6.07, 6.45) is 0. The van der Waals surface area contributed by atoms with Gasteiger partial charge in [-0.3, -0.25) is 0 Å². The van der Waals surface area contributed by atoms with E-state index in [0.717, 1.165) is 66.5 Å². The highest BCUT2D eigenvalue weighted by atomic mass is 16.3. The zero-order chi connectivity index (χ0) is 31.1. The molecule has 0 aliphatic carbocycles. The highest BCUT2D eigenvalue weighted by Gasteiger charge is 2.20. The molecule has 0 spiro atoms. The number of hydrogen-bond donors (Lipinski definition) is 0. The van der Waals surface area contributed by atoms with Crippen LogP contribution in [0.15, 0.2) is 156 Å². The summed E-state index contributed by atoms with van der Waals surface area (Å²) in [5.74, 6) is 0. The number of fused-ring (bicyclic) bond motifs is 10. The molecule has 0 saturated heterocycles. The van der Waals surface area contributed by atoms with Crippen LogP contribution in [0.4, 0.5) is 5.69 Å². The number of rotatable bonds is 3. The summed E-state index contributed by atoms with van der Waals surface area (Å²) in [6, 6.07) is 53.0. The van der Waals surface area contributed by atoms with Crippen molar-refractivity contribution in [2.45, 2.75) is 0 Å². The van der Waals surface area contributed by atoms with Crippen LogP contribution in [0.2, 0.25) is 0 Å². The molecule has 10 rings (SSSR count). The molecule has 0 amide bonds. The van der Waals surface area contributed by atoms with Crippen molar-refractivity contribution in [2.75, 3.05) is 0 Å². The standard InChI is InChI=1S/C43H25N3O/c1-44-28-20-23-30(40(26-28)46-38-15-7-2-10-31(38)32-11-3-8-16-39(32)46)27-18-21-29(22-19-27)45-37-14-6-4-12-33(37)35-24-25-36-34-13-5-9-17-41(34)47-43(36)42(35)45/h2-26H. The van der Waals surface area contributed by atoms with E-state index in [0.29, 0.717) is 5.69 Å². The van der Waals surface area contributed by atoms with Crippen LogP contribution in [0.5, 0.6) is 0 Å². The molecule has 4 nitrogen and oxygen atoms in total. The summed E-state index contributed by atoms with van der Waals surface area (Å²) < 4.78 is 11.2. The normalized spacial score (nSPS) is 11.8. The molecular weight excluding hydrogens is 574 g/mol. The van der Waals surface area contributed by atoms with Gasteiger partial charge in [0, 0.05) is 49.3 Å². The zero-order valence-electron chi connectivity index (χ0n) is 25.2. The lowest BCUT2D eigenvalue weighted by Gasteiger charge is -2.16. The van der Waals surface area contributed by atoms with Gasteiger partial charge in [-0.15, -0.1) is 0 Å². The van der Waals surface area contributed by atoms with E-state index in [1.807, 2.05) is 24.3 Å². The van der Waals surface area contributed by atoms with Crippen molar-refractivity contribution >= 4 is 71.2 Å². The van der Waals surface area contributed by atoms with Crippen LogP contribution in [-0.4, -0.2) is 9.13 Å². The van der Waals surface area contributed by atoms with Gasteiger partial charge < -0.3 is 13.6 Å². The summed E-state index contributed by atoms with van der Waals surface area (Å²) in [5.41, 5.74) is 11.0. The summed E-state index contributed by atoms with van der Waals surface area (Å²) in [4.78, 5) is 3.81. The molecule has 0 fully saturated rings. The quantitative estimate of drug-likeness (QED) is 0.186. The summed E-state index contributed by atoms with van der Waals surface area (Å²) in [5, 5.41) is 6.99. The molecule has 0 radical (unpaired) electrons. The Morgan fingerprint density at radius 1 is 0.489 bits per heavy atom. The first-order chi connectivity index (χ1) is 23.3. The second-order valence-corrected chi connectivity index (χ2v) is 12.0. The van der Waals surface area contributed by atoms with E-state index in [1.54, 1.807) is 0 Å². The third kappa shape index (κ3) is 3.63. The molecule has 0 aliphatic heterocycles. The molecule has 0 atom stereocenters. The SMILES string of the molecule is [C-]#[N+]c1ccc(-c2ccc(-n3c4ccccc4c4ccc5c6ccccc6oc5c43)cc2)c(-n2c3ccccc3c3ccccc32)c1. The van der Waals surface area contributed by atoms with Gasteiger partial charge in [0.1, 0.15) is 5.58 Å². The zero-order valence-corrected chi connectivity index (χ0v) is 25.2. The van der Waals surface area contributed by atoms with Crippen LogP contribution in [-0.2, 0) is 0 Å². The Morgan fingerprint density at radius 2 is 1.06 bits per heavy atom. The van der Waals surface area contributed by atoms with Gasteiger partial charge in [0.25, 0.3) is 0 Å². The van der Waals surface area contributed by atoms with E-state index in [9.17, 15) is 0 Å². The van der Waals surface area contributed by atoms with Crippen molar-refractivity contribution in [3.8, 4) is 22.5 Å². The van der Waals surface area contributed by atoms with E-state index < -0.39 is 0 Å². The first kappa shape index (κ1) is 25.7. The van der Waals surface area contributed by atoms with Gasteiger partial charge in [-0.05, 0) is 54.1 Å². The van der Waals surface area contributed by atoms with Crippen molar-refractivity contribution in [2.24, 2.45) is 0 Å². The van der Waals surface area contributed by atoms with Crippen LogP contribution in [0.25, 0.3) is 92.9 Å². The smallest absolute Gasteiger partial charge is 0.189 e. The molecule has 0 N–H and O–H groups in total. The van der Waals surface area contributed by atoms with Crippen molar-refractivity contribution in [1.29, 1.82) is 0 Å². The summed E-state index contributed by atoms with van der Waals surface area (Å²) >= 11 is 0. The van der Waals surface area contributed by atoms with Gasteiger partial charge in [0.15, 0.2) is 11.3 Å². The highest BCUT2D eigenvalue weighted by molar-refractivity contribution is 6.21. The molecule has 10 aromatic rings. The van der Waals surface area contributed by atoms with Crippen LogP contribution in [0, 0.1) is 6.57 Å². The number of furan rings is 1. The summed E-state index contributed by atoms with van der Waals surface area (Å²) in [6.45, 7) is 7.81. The minimum Gasteiger partial charge on any atom is -0.454 e. The van der Waals surface area contributed by atoms with E-state index in [4.69, 9.17) is 11.0 Å². The molecule has 3 aromatic heterocycles. The topological polar surface area (TPSA) is 27.4 Å². The van der Waals surface area contributed by atoms with E-state index >= 15 is 0 Å². The fourth-order valence-electron chi connectivity index (χ4n) is 7.49. The third-order valence-corrected chi connectivity index (χ3v) is 9.55. The lowest BCUT2D eigenvalue weighted by Crippen LogP contribution is -1.98. The van der Waals surface area contributed by atoms with Gasteiger partial charge in [0.05, 0.1) is 28.6 Å². The van der Waals surface area contributed by atoms with Gasteiger partial charge in [-0.1, -0.05) is 103 Å². The first-order valence-corrected chi connectivity index (χ1v) is 15.7. The maximum absolute atomic E-state index is 7.81. The largest absolute Gasteiger partial charge is 0.454 e. The Labute approximate surface area is 269 Å². The molecule has 0 bridgehead atoms. The highest BCUT2D eigenvalue weighted by Crippen LogP contribution is 2.41. The summed E-state index contributed by atoms with van der Waals surface area (Å²) in [7, 11) is 0. The van der Waals surface area contributed by atoms with Crippen LogP contribution in [0.3, 0.4) is 0 Å². The van der Waals surface area contributed by atoms with Crippen LogP contribution < -0.4 is 0 Å². The first-order valence-electron chi connectivity index (χ1n) is 15.7. The lowest BCUT2D eigenvalue weighted by atomic mass is 10.0. The predicted octanol–water partition coefficient (Wildman–Crippen LogP) is 12.0. The third-order valence-electron chi connectivity index (χ3n) is 9.55. The number of para-hydroxylation sites is 4. The minimum atomic E-state index is 0.613. The molecule has 0 aliphatic rings. The van der Waals surface area contributed by atoms with Gasteiger partial charge in [-0.25, -0.2) is 4.85 Å². The van der Waals surface area contributed by atoms with Crippen LogP contribution >= 0.6 is 0 Å². The monoisotopic (exact) mass is 599 g/mol. The Kier molecular flexibility index (Phi) is 5.32. The van der Waals surface area contributed by atoms with E-state index in [-0.39, 0.29) is 0 Å². The van der Waals surface area contributed by atoms with Crippen molar-refractivity contribution < 1.29 is 4.42 Å². The van der Waals surface area contributed by atoms with E-state index in [2.05, 4.69) is 141 Å². The molecule has 4 heteroatoms. The van der Waals surface area contributed by atoms with Crippen molar-refractivity contribution in [3.63, 3.8) is 0 Å². The average molecular weight is 600 g/mol. The number of hydrogen-bond acceptors (Lipinski definition) is 1. The second kappa shape index (κ2) is 9.71. The predicted molar refractivity (Wildman–Crippen MR) is 194 cm³/mol. The maximum Gasteiger partial charge on any atom is 0.189 e. The number of aromatic nitrogens is 2. The average Bonchev–Trinajstić information content (AvgIpc) is 3.79. The number of nitrogens with zero attached hydrogens (tertiary/aromatic N) is 3. The molecule has 0 unspecified atom stereocenters. The van der Waals surface area contributed by atoms with Crippen LogP contribution in [0.1, 0.15) is 0 Å². The van der Waals surface area contributed by atoms with Gasteiger partial charge in [0.2, 0.25) is 0 Å². The maximum atomic E-state index is 7.81. The van der Waals surface area contributed by atoms with Crippen molar-refractivity contribution in [3.05, 3.63) is 163 Å². The molecule has 3 heterocycles. The van der Waals surface area contributed by atoms with Gasteiger partial charge >= 0.3 is 0 Å². The molecule has 0 saturated carbocycles. The Balaban J connectivity index is 1.21. The molecule has 218 valence electrons. The lowest BCUT2D eigenvalue weighted by molar-refractivity contribution is 0.671. The van der Waals surface area contributed by atoms with Crippen molar-refractivity contribution in [1.82, 2.24) is 9.13 Å². The fraction of sp³-hybridized carbons (Fsp3) is 0. The molecular formula is C43H25N3O. The fourth-order valence-corrected chi connectivity index (χ4v) is 7.49. The van der Waals surface area contributed by atoms with Gasteiger partial charge in [-0.2, -0.15) is 0 Å². The molecule has 7 aromatic carbocycles. The Morgan fingerprint density at radius 3 is 1.74 bits per heavy atom. The Hall–Kier alpha value is -6.57. The minimum absolute atomic E-state index is 0.613. The second-order valence-electron chi connectivity index (χ2n) is 12.0. The Bertz CT molecular complexity index is 2860.